The molecule has 1 aromatic heterocycles. The van der Waals surface area contributed by atoms with Gasteiger partial charge in [0.15, 0.2) is 17.5 Å². The minimum absolute atomic E-state index is 0.0370. The Hall–Kier alpha value is -3.23. The Morgan fingerprint density at radius 1 is 0.640 bits per heavy atom. The average Bonchev–Trinajstić information content (AvgIpc) is 2.58. The van der Waals surface area contributed by atoms with E-state index in [1.54, 1.807) is 0 Å². The van der Waals surface area contributed by atoms with E-state index in [1.165, 1.54) is 12.1 Å². The predicted octanol–water partition coefficient (Wildman–Crippen LogP) is 4.66. The van der Waals surface area contributed by atoms with E-state index in [0.717, 1.165) is 24.5 Å². The second-order valence-electron chi connectivity index (χ2n) is 4.89. The summed E-state index contributed by atoms with van der Waals surface area (Å²) in [6.07, 6.45) is 1.09. The van der Waals surface area contributed by atoms with Crippen molar-refractivity contribution in [3.8, 4) is 0 Å². The number of anilines is 4. The molecule has 3 rings (SSSR count). The third kappa shape index (κ3) is 3.65. The van der Waals surface area contributed by atoms with Crippen molar-refractivity contribution in [2.75, 3.05) is 10.6 Å². The van der Waals surface area contributed by atoms with Crippen LogP contribution in [0.1, 0.15) is 0 Å². The maximum Gasteiger partial charge on any atom is 0.196 e. The number of aromatic nitrogens is 2. The topological polar surface area (TPSA) is 49.8 Å². The van der Waals surface area contributed by atoms with Crippen LogP contribution in [0.4, 0.5) is 45.0 Å². The molecule has 0 aliphatic heterocycles. The molecule has 1 heterocycles. The molecule has 3 aromatic rings. The number of hydrogen-bond acceptors (Lipinski definition) is 4. The zero-order valence-electron chi connectivity index (χ0n) is 12.3. The Labute approximate surface area is 138 Å². The van der Waals surface area contributed by atoms with Crippen LogP contribution < -0.4 is 10.6 Å². The van der Waals surface area contributed by atoms with Crippen LogP contribution in [0.3, 0.4) is 0 Å². The number of halogens is 5. The number of nitrogens with one attached hydrogen (secondary N) is 2. The molecule has 0 bridgehead atoms. The molecule has 2 N–H and O–H groups in total. The smallest absolute Gasteiger partial charge is 0.196 e. The highest BCUT2D eigenvalue weighted by Gasteiger charge is 2.14. The van der Waals surface area contributed by atoms with Crippen LogP contribution in [0.15, 0.2) is 42.7 Å². The number of hydrogen-bond donors (Lipinski definition) is 2. The molecule has 0 aliphatic carbocycles. The first-order chi connectivity index (χ1) is 11.9. The van der Waals surface area contributed by atoms with Crippen LogP contribution in [0, 0.1) is 29.1 Å². The van der Waals surface area contributed by atoms with Gasteiger partial charge in [0.2, 0.25) is 0 Å². The van der Waals surface area contributed by atoms with Crippen LogP contribution >= 0.6 is 0 Å². The van der Waals surface area contributed by atoms with E-state index in [1.807, 2.05) is 0 Å². The summed E-state index contributed by atoms with van der Waals surface area (Å²) in [6, 6.07) is 5.97. The van der Waals surface area contributed by atoms with Gasteiger partial charge in [0.25, 0.3) is 0 Å². The Morgan fingerprint density at radius 2 is 1.28 bits per heavy atom. The summed E-state index contributed by atoms with van der Waals surface area (Å²) in [7, 11) is 0. The Kier molecular flexibility index (Phi) is 4.46. The molecule has 0 radical (unpaired) electrons. The van der Waals surface area contributed by atoms with Gasteiger partial charge in [-0.3, -0.25) is 0 Å². The fourth-order valence-corrected chi connectivity index (χ4v) is 1.98. The largest absolute Gasteiger partial charge is 0.338 e. The predicted molar refractivity (Wildman–Crippen MR) is 81.3 cm³/mol. The maximum atomic E-state index is 13.7. The van der Waals surface area contributed by atoms with Gasteiger partial charge in [-0.1, -0.05) is 0 Å². The summed E-state index contributed by atoms with van der Waals surface area (Å²) < 4.78 is 66.4. The highest BCUT2D eigenvalue weighted by molar-refractivity contribution is 5.63. The fourth-order valence-electron chi connectivity index (χ4n) is 1.98. The van der Waals surface area contributed by atoms with E-state index in [2.05, 4.69) is 20.6 Å². The highest BCUT2D eigenvalue weighted by atomic mass is 19.2. The minimum atomic E-state index is -1.62. The van der Waals surface area contributed by atoms with Crippen LogP contribution in [-0.4, -0.2) is 9.97 Å². The lowest BCUT2D eigenvalue weighted by Gasteiger charge is -2.10. The first-order valence-electron chi connectivity index (χ1n) is 6.88. The standard InChI is InChI=1S/C16H9F5N4/c17-8-1-3-11(10(19)5-8)24-13-6-14(23-7-22-13)25-12-4-2-9(18)15(20)16(12)21/h1-7H,(H2,22,23,24,25). The van der Waals surface area contributed by atoms with Crippen LogP contribution in [-0.2, 0) is 0 Å². The molecule has 0 fully saturated rings. The number of benzene rings is 2. The van der Waals surface area contributed by atoms with Gasteiger partial charge in [0, 0.05) is 12.1 Å². The van der Waals surface area contributed by atoms with Crippen molar-refractivity contribution >= 4 is 23.0 Å². The minimum Gasteiger partial charge on any atom is -0.338 e. The lowest BCUT2D eigenvalue weighted by Crippen LogP contribution is -2.02. The SMILES string of the molecule is Fc1ccc(Nc2cc(Nc3ccc(F)c(F)c3F)ncn2)c(F)c1. The van der Waals surface area contributed by atoms with E-state index >= 15 is 0 Å². The summed E-state index contributed by atoms with van der Waals surface area (Å²) in [5.41, 5.74) is -0.374. The van der Waals surface area contributed by atoms with Gasteiger partial charge in [0.05, 0.1) is 11.4 Å². The van der Waals surface area contributed by atoms with Crippen molar-refractivity contribution < 1.29 is 22.0 Å². The van der Waals surface area contributed by atoms with Crippen LogP contribution in [0.25, 0.3) is 0 Å². The lowest BCUT2D eigenvalue weighted by atomic mass is 10.2. The number of nitrogens with zero attached hydrogens (tertiary/aromatic N) is 2. The van der Waals surface area contributed by atoms with Gasteiger partial charge in [-0.25, -0.2) is 31.9 Å². The Morgan fingerprint density at radius 3 is 1.96 bits per heavy atom. The molecular formula is C16H9F5N4. The van der Waals surface area contributed by atoms with Gasteiger partial charge >= 0.3 is 0 Å². The summed E-state index contributed by atoms with van der Waals surface area (Å²) in [6.45, 7) is 0. The second kappa shape index (κ2) is 6.71. The summed E-state index contributed by atoms with van der Waals surface area (Å²) in [5.74, 6) is -5.75. The van der Waals surface area contributed by atoms with Crippen molar-refractivity contribution in [2.45, 2.75) is 0 Å². The first-order valence-corrected chi connectivity index (χ1v) is 6.88. The molecule has 0 aliphatic rings. The Balaban J connectivity index is 1.83. The average molecular weight is 352 g/mol. The molecule has 9 heteroatoms. The highest BCUT2D eigenvalue weighted by Crippen LogP contribution is 2.25. The zero-order chi connectivity index (χ0) is 18.0. The molecule has 0 unspecified atom stereocenters. The Bertz CT molecular complexity index is 932. The maximum absolute atomic E-state index is 13.7. The van der Waals surface area contributed by atoms with Gasteiger partial charge in [-0.05, 0) is 24.3 Å². The molecule has 0 saturated carbocycles. The van der Waals surface area contributed by atoms with E-state index < -0.39 is 29.1 Å². The van der Waals surface area contributed by atoms with Crippen molar-refractivity contribution in [3.63, 3.8) is 0 Å². The molecular weight excluding hydrogens is 343 g/mol. The monoisotopic (exact) mass is 352 g/mol. The molecule has 0 saturated heterocycles. The second-order valence-corrected chi connectivity index (χ2v) is 4.89. The quantitative estimate of drug-likeness (QED) is 0.530. The molecule has 0 atom stereocenters. The lowest BCUT2D eigenvalue weighted by molar-refractivity contribution is 0.449. The van der Waals surface area contributed by atoms with E-state index in [9.17, 15) is 22.0 Å². The normalized spacial score (nSPS) is 10.6. The molecule has 0 amide bonds. The van der Waals surface area contributed by atoms with Crippen LogP contribution in [0.5, 0.6) is 0 Å². The summed E-state index contributed by atoms with van der Waals surface area (Å²) in [5, 5.41) is 5.06. The first kappa shape index (κ1) is 16.6. The number of rotatable bonds is 4. The molecule has 128 valence electrons. The van der Waals surface area contributed by atoms with Crippen molar-refractivity contribution in [1.29, 1.82) is 0 Å². The van der Waals surface area contributed by atoms with Crippen molar-refractivity contribution in [3.05, 3.63) is 71.8 Å². The molecule has 0 spiro atoms. The van der Waals surface area contributed by atoms with Gasteiger partial charge < -0.3 is 10.6 Å². The third-order valence-electron chi connectivity index (χ3n) is 3.16. The van der Waals surface area contributed by atoms with E-state index in [4.69, 9.17) is 0 Å². The van der Waals surface area contributed by atoms with Gasteiger partial charge in [-0.2, -0.15) is 0 Å². The van der Waals surface area contributed by atoms with Gasteiger partial charge in [0.1, 0.15) is 29.6 Å². The van der Waals surface area contributed by atoms with Crippen molar-refractivity contribution in [1.82, 2.24) is 9.97 Å². The van der Waals surface area contributed by atoms with E-state index in [0.29, 0.717) is 6.07 Å². The van der Waals surface area contributed by atoms with E-state index in [-0.39, 0.29) is 23.0 Å². The zero-order valence-corrected chi connectivity index (χ0v) is 12.3. The van der Waals surface area contributed by atoms with Crippen LogP contribution in [0.2, 0.25) is 0 Å². The summed E-state index contributed by atoms with van der Waals surface area (Å²) in [4.78, 5) is 7.65. The third-order valence-corrected chi connectivity index (χ3v) is 3.16. The van der Waals surface area contributed by atoms with Gasteiger partial charge in [-0.15, -0.1) is 0 Å². The van der Waals surface area contributed by atoms with Crippen molar-refractivity contribution in [2.24, 2.45) is 0 Å². The molecule has 25 heavy (non-hydrogen) atoms. The molecule has 4 nitrogen and oxygen atoms in total. The summed E-state index contributed by atoms with van der Waals surface area (Å²) >= 11 is 0. The fraction of sp³-hybridized carbons (Fsp3) is 0. The molecule has 2 aromatic carbocycles.